The molecule has 9 nitrogen and oxygen atoms in total. The van der Waals surface area contributed by atoms with Crippen LogP contribution < -0.4 is 5.32 Å². The van der Waals surface area contributed by atoms with Gasteiger partial charge in [-0.1, -0.05) is 114 Å². The summed E-state index contributed by atoms with van der Waals surface area (Å²) in [7, 11) is 0. The fraction of sp³-hybridized carbons (Fsp3) is 0.765. The fourth-order valence-electron chi connectivity index (χ4n) is 4.33. The maximum absolute atomic E-state index is 11.8. The highest BCUT2D eigenvalue weighted by atomic mass is 16.6. The van der Waals surface area contributed by atoms with Gasteiger partial charge in [-0.2, -0.15) is 0 Å². The highest BCUT2D eigenvalue weighted by Gasteiger charge is 2.03. The Labute approximate surface area is 260 Å². The zero-order valence-electron chi connectivity index (χ0n) is 26.8. The van der Waals surface area contributed by atoms with Gasteiger partial charge in [0.2, 0.25) is 0 Å². The van der Waals surface area contributed by atoms with Crippen LogP contribution in [0.2, 0.25) is 0 Å². The number of alkyl carbamates (subject to hydrolysis) is 1. The third-order valence-corrected chi connectivity index (χ3v) is 6.82. The molecule has 0 bridgehead atoms. The summed E-state index contributed by atoms with van der Waals surface area (Å²) < 4.78 is 32.1. The number of rotatable bonds is 31. The minimum absolute atomic E-state index is 0.137. The first-order valence-electron chi connectivity index (χ1n) is 16.6. The molecule has 0 fully saturated rings. The molecule has 0 unspecified atom stereocenters. The van der Waals surface area contributed by atoms with Gasteiger partial charge in [-0.3, -0.25) is 4.79 Å². The van der Waals surface area contributed by atoms with Crippen LogP contribution in [0.1, 0.15) is 102 Å². The summed E-state index contributed by atoms with van der Waals surface area (Å²) in [5.41, 5.74) is 0.940. The van der Waals surface area contributed by atoms with Gasteiger partial charge in [0.1, 0.15) is 13.2 Å². The molecule has 0 aromatic heterocycles. The molecule has 1 aromatic rings. The van der Waals surface area contributed by atoms with E-state index in [1.807, 2.05) is 30.3 Å². The Balaban J connectivity index is 1.70. The molecule has 1 aromatic carbocycles. The summed E-state index contributed by atoms with van der Waals surface area (Å²) in [4.78, 5) is 23.5. The maximum atomic E-state index is 11.8. The molecule has 1 N–H and O–H groups in total. The smallest absolute Gasteiger partial charge is 0.407 e. The van der Waals surface area contributed by atoms with E-state index in [0.717, 1.165) is 18.4 Å². The number of unbranched alkanes of at least 4 members (excludes halogenated alkanes) is 12. The normalized spacial score (nSPS) is 11.0. The predicted molar refractivity (Wildman–Crippen MR) is 169 cm³/mol. The molecule has 0 spiro atoms. The highest BCUT2D eigenvalue weighted by molar-refractivity contribution is 5.69. The second kappa shape index (κ2) is 31.2. The van der Waals surface area contributed by atoms with Crippen LogP contribution in [0.5, 0.6) is 0 Å². The molecule has 1 rings (SSSR count). The minimum Gasteiger partial charge on any atom is -0.463 e. The standard InChI is InChI=1S/C34H59NO8/c1-2-3-4-5-6-7-8-9-10-11-12-13-17-20-33(36)42-30-29-41-28-27-40-26-25-39-24-23-38-22-21-35-34(37)43-31-32-18-15-14-16-19-32/h14-16,18-19H,2-13,17,20-31H2,1H3,(H,35,37). The summed E-state index contributed by atoms with van der Waals surface area (Å²) in [6.45, 7) is 6.62. The molecule has 43 heavy (non-hydrogen) atoms. The van der Waals surface area contributed by atoms with Crippen LogP contribution >= 0.6 is 0 Å². The number of amides is 1. The number of esters is 1. The monoisotopic (exact) mass is 609 g/mol. The Hall–Kier alpha value is -2.20. The molecular weight excluding hydrogens is 550 g/mol. The Morgan fingerprint density at radius 2 is 1.02 bits per heavy atom. The van der Waals surface area contributed by atoms with E-state index >= 15 is 0 Å². The fourth-order valence-corrected chi connectivity index (χ4v) is 4.33. The first-order chi connectivity index (χ1) is 21.2. The summed E-state index contributed by atoms with van der Waals surface area (Å²) in [6.07, 6.45) is 16.8. The van der Waals surface area contributed by atoms with E-state index in [9.17, 15) is 9.59 Å². The van der Waals surface area contributed by atoms with Gasteiger partial charge >= 0.3 is 12.1 Å². The third-order valence-electron chi connectivity index (χ3n) is 6.82. The average molecular weight is 610 g/mol. The number of hydrogen-bond acceptors (Lipinski definition) is 8. The highest BCUT2D eigenvalue weighted by Crippen LogP contribution is 2.13. The van der Waals surface area contributed by atoms with Gasteiger partial charge in [-0.25, -0.2) is 4.79 Å². The molecule has 248 valence electrons. The van der Waals surface area contributed by atoms with Crippen LogP contribution in [-0.2, 0) is 39.8 Å². The number of ether oxygens (including phenoxy) is 6. The number of benzene rings is 1. The van der Waals surface area contributed by atoms with Crippen LogP contribution in [0.3, 0.4) is 0 Å². The minimum atomic E-state index is -0.467. The van der Waals surface area contributed by atoms with E-state index in [2.05, 4.69) is 12.2 Å². The van der Waals surface area contributed by atoms with Crippen LogP contribution in [-0.4, -0.2) is 78.1 Å². The second-order valence-corrected chi connectivity index (χ2v) is 10.7. The van der Waals surface area contributed by atoms with Crippen molar-refractivity contribution in [1.29, 1.82) is 0 Å². The Morgan fingerprint density at radius 3 is 1.56 bits per heavy atom. The molecule has 0 saturated heterocycles. The van der Waals surface area contributed by atoms with Crippen molar-refractivity contribution < 1.29 is 38.0 Å². The van der Waals surface area contributed by atoms with E-state index in [1.54, 1.807) is 0 Å². The lowest BCUT2D eigenvalue weighted by atomic mass is 10.0. The molecule has 9 heteroatoms. The Bertz CT molecular complexity index is 749. The number of nitrogens with one attached hydrogen (secondary N) is 1. The zero-order valence-corrected chi connectivity index (χ0v) is 26.8. The lowest BCUT2D eigenvalue weighted by Gasteiger charge is -2.09. The lowest BCUT2D eigenvalue weighted by molar-refractivity contribution is -0.145. The second-order valence-electron chi connectivity index (χ2n) is 10.7. The molecular formula is C34H59NO8. The van der Waals surface area contributed by atoms with Gasteiger partial charge in [0.05, 0.1) is 52.9 Å². The van der Waals surface area contributed by atoms with Crippen molar-refractivity contribution in [3.8, 4) is 0 Å². The summed E-state index contributed by atoms with van der Waals surface area (Å²) in [5, 5.41) is 2.64. The maximum Gasteiger partial charge on any atom is 0.407 e. The third kappa shape index (κ3) is 28.3. The topological polar surface area (TPSA) is 102 Å². The lowest BCUT2D eigenvalue weighted by Crippen LogP contribution is -2.28. The van der Waals surface area contributed by atoms with Crippen LogP contribution in [0.4, 0.5) is 4.79 Å². The van der Waals surface area contributed by atoms with Crippen molar-refractivity contribution in [1.82, 2.24) is 5.32 Å². The number of hydrogen-bond donors (Lipinski definition) is 1. The van der Waals surface area contributed by atoms with E-state index in [-0.39, 0.29) is 19.2 Å². The van der Waals surface area contributed by atoms with E-state index in [4.69, 9.17) is 28.4 Å². The average Bonchev–Trinajstić information content (AvgIpc) is 3.02. The summed E-state index contributed by atoms with van der Waals surface area (Å²) in [5.74, 6) is -0.137. The van der Waals surface area contributed by atoms with Crippen LogP contribution in [0.25, 0.3) is 0 Å². The summed E-state index contributed by atoms with van der Waals surface area (Å²) in [6, 6.07) is 9.52. The molecule has 0 atom stereocenters. The van der Waals surface area contributed by atoms with E-state index in [1.165, 1.54) is 70.6 Å². The van der Waals surface area contributed by atoms with Crippen LogP contribution in [0.15, 0.2) is 30.3 Å². The number of carbonyl (C=O) groups excluding carboxylic acids is 2. The van der Waals surface area contributed by atoms with Crippen molar-refractivity contribution >= 4 is 12.1 Å². The molecule has 0 radical (unpaired) electrons. The van der Waals surface area contributed by atoms with Crippen molar-refractivity contribution in [2.24, 2.45) is 0 Å². The first-order valence-corrected chi connectivity index (χ1v) is 16.6. The molecule has 0 aliphatic heterocycles. The van der Waals surface area contributed by atoms with Crippen LogP contribution in [0, 0.1) is 0 Å². The molecule has 0 saturated carbocycles. The van der Waals surface area contributed by atoms with Crippen molar-refractivity contribution in [3.05, 3.63) is 35.9 Å². The Morgan fingerprint density at radius 1 is 0.558 bits per heavy atom. The van der Waals surface area contributed by atoms with Gasteiger partial charge in [0, 0.05) is 13.0 Å². The summed E-state index contributed by atoms with van der Waals surface area (Å²) >= 11 is 0. The quantitative estimate of drug-likeness (QED) is 0.0709. The van der Waals surface area contributed by atoms with Crippen molar-refractivity contribution in [2.75, 3.05) is 66.0 Å². The molecule has 0 aliphatic carbocycles. The van der Waals surface area contributed by atoms with Gasteiger partial charge < -0.3 is 33.7 Å². The Kier molecular flexibility index (Phi) is 28.2. The van der Waals surface area contributed by atoms with Crippen molar-refractivity contribution in [2.45, 2.75) is 103 Å². The molecule has 1 amide bonds. The van der Waals surface area contributed by atoms with Crippen molar-refractivity contribution in [3.63, 3.8) is 0 Å². The van der Waals surface area contributed by atoms with Gasteiger partial charge in [-0.05, 0) is 12.0 Å². The predicted octanol–water partition coefficient (Wildman–Crippen LogP) is 7.00. The first kappa shape index (κ1) is 38.8. The SMILES string of the molecule is CCCCCCCCCCCCCCCC(=O)OCCOCCOCCOCCOCCNC(=O)OCc1ccccc1. The molecule has 0 aliphatic rings. The number of carbonyl (C=O) groups is 2. The largest absolute Gasteiger partial charge is 0.463 e. The van der Waals surface area contributed by atoms with Gasteiger partial charge in [0.15, 0.2) is 0 Å². The van der Waals surface area contributed by atoms with E-state index < -0.39 is 6.09 Å². The van der Waals surface area contributed by atoms with Gasteiger partial charge in [-0.15, -0.1) is 0 Å². The molecule has 0 heterocycles. The van der Waals surface area contributed by atoms with Gasteiger partial charge in [0.25, 0.3) is 0 Å². The van der Waals surface area contributed by atoms with E-state index in [0.29, 0.717) is 65.8 Å². The zero-order chi connectivity index (χ0) is 30.9.